The van der Waals surface area contributed by atoms with Gasteiger partial charge in [-0.1, -0.05) is 0 Å². The summed E-state index contributed by atoms with van der Waals surface area (Å²) in [7, 11) is 0. The van der Waals surface area contributed by atoms with Gasteiger partial charge in [-0.15, -0.1) is 4.99 Å². The number of anilines is 1. The van der Waals surface area contributed by atoms with E-state index in [1.165, 1.54) is 0 Å². The van der Waals surface area contributed by atoms with Gasteiger partial charge in [-0.2, -0.15) is 4.98 Å². The zero-order chi connectivity index (χ0) is 24.1. The van der Waals surface area contributed by atoms with Crippen molar-refractivity contribution in [1.29, 1.82) is 0 Å². The van der Waals surface area contributed by atoms with Crippen molar-refractivity contribution in [2.75, 3.05) is 31.2 Å². The zero-order valence-corrected chi connectivity index (χ0v) is 20.1. The molecule has 0 atom stereocenters. The summed E-state index contributed by atoms with van der Waals surface area (Å²) in [6.45, 7) is 8.34. The Bertz CT molecular complexity index is 1020. The van der Waals surface area contributed by atoms with Crippen LogP contribution < -0.4 is 20.7 Å². The number of guanidine groups is 1. The maximum Gasteiger partial charge on any atom is 0.437 e. The minimum Gasteiger partial charge on any atom is -0.474 e. The normalized spacial score (nSPS) is 21.9. The second-order valence-electron chi connectivity index (χ2n) is 9.67. The molecule has 10 heteroatoms. The van der Waals surface area contributed by atoms with E-state index in [4.69, 9.17) is 24.9 Å². The minimum absolute atomic E-state index is 0.0397. The third-order valence-electron chi connectivity index (χ3n) is 5.80. The number of ether oxygens (including phenoxy) is 3. The number of morpholine rings is 1. The highest BCUT2D eigenvalue weighted by Gasteiger charge is 2.25. The maximum atomic E-state index is 11.8. The number of rotatable bonds is 4. The van der Waals surface area contributed by atoms with Crippen molar-refractivity contribution in [2.45, 2.75) is 64.2 Å². The molecule has 10 nitrogen and oxygen atoms in total. The summed E-state index contributed by atoms with van der Waals surface area (Å²) in [5, 5.41) is 4.04. The summed E-state index contributed by atoms with van der Waals surface area (Å²) in [6, 6.07) is 6.03. The lowest BCUT2D eigenvalue weighted by atomic mass is 9.93. The van der Waals surface area contributed by atoms with Crippen LogP contribution in [0.15, 0.2) is 29.4 Å². The third kappa shape index (κ3) is 6.47. The molecule has 0 bridgehead atoms. The van der Waals surface area contributed by atoms with Crippen LogP contribution in [-0.2, 0) is 9.47 Å². The van der Waals surface area contributed by atoms with Crippen LogP contribution in [0.1, 0.15) is 46.5 Å². The first-order valence-electron chi connectivity index (χ1n) is 11.9. The highest BCUT2D eigenvalue weighted by molar-refractivity contribution is 5.89. The van der Waals surface area contributed by atoms with E-state index < -0.39 is 11.7 Å². The summed E-state index contributed by atoms with van der Waals surface area (Å²) < 4.78 is 17.1. The van der Waals surface area contributed by atoms with Crippen LogP contribution in [0.3, 0.4) is 0 Å². The van der Waals surface area contributed by atoms with Crippen molar-refractivity contribution >= 4 is 28.8 Å². The van der Waals surface area contributed by atoms with Crippen molar-refractivity contribution in [3.63, 3.8) is 0 Å². The number of carbonyl (C=O) groups is 1. The largest absolute Gasteiger partial charge is 0.474 e. The van der Waals surface area contributed by atoms with E-state index >= 15 is 0 Å². The molecule has 3 N–H and O–H groups in total. The van der Waals surface area contributed by atoms with E-state index in [1.54, 1.807) is 27.0 Å². The number of nitrogens with two attached hydrogens (primary N) is 1. The van der Waals surface area contributed by atoms with E-state index in [2.05, 4.69) is 20.2 Å². The Kier molecular flexibility index (Phi) is 7.35. The summed E-state index contributed by atoms with van der Waals surface area (Å²) in [5.74, 6) is 1.57. The van der Waals surface area contributed by atoms with Gasteiger partial charge in [-0.25, -0.2) is 4.79 Å². The van der Waals surface area contributed by atoms with Crippen molar-refractivity contribution < 1.29 is 19.0 Å². The molecule has 1 saturated carbocycles. The van der Waals surface area contributed by atoms with Crippen LogP contribution in [0, 0.1) is 0 Å². The van der Waals surface area contributed by atoms with Gasteiger partial charge in [0.15, 0.2) is 5.96 Å². The molecule has 2 aromatic heterocycles. The smallest absolute Gasteiger partial charge is 0.437 e. The average molecular weight is 471 g/mol. The number of aliphatic imine (C=N–C) groups is 1. The molecule has 0 radical (unpaired) electrons. The topological polar surface area (TPSA) is 124 Å². The summed E-state index contributed by atoms with van der Waals surface area (Å²) in [6.07, 6.45) is 4.49. The highest BCUT2D eigenvalue weighted by Crippen LogP contribution is 2.30. The van der Waals surface area contributed by atoms with Crippen molar-refractivity contribution in [3.8, 4) is 5.88 Å². The van der Waals surface area contributed by atoms with Gasteiger partial charge in [0.05, 0.1) is 24.1 Å². The fraction of sp³-hybridized carbons (Fsp3) is 0.583. The molecule has 0 spiro atoms. The molecule has 2 aromatic rings. The summed E-state index contributed by atoms with van der Waals surface area (Å²) >= 11 is 0. The third-order valence-corrected chi connectivity index (χ3v) is 5.80. The van der Waals surface area contributed by atoms with Gasteiger partial charge in [0.1, 0.15) is 17.5 Å². The molecule has 184 valence electrons. The van der Waals surface area contributed by atoms with Gasteiger partial charge in [0.2, 0.25) is 5.88 Å². The van der Waals surface area contributed by atoms with Gasteiger partial charge < -0.3 is 30.2 Å². The number of aromatic nitrogens is 2. The van der Waals surface area contributed by atoms with Crippen molar-refractivity contribution in [3.05, 3.63) is 24.4 Å². The minimum atomic E-state index is -0.693. The fourth-order valence-electron chi connectivity index (χ4n) is 4.18. The van der Waals surface area contributed by atoms with Crippen LogP contribution in [0.25, 0.3) is 10.9 Å². The molecule has 3 heterocycles. The molecule has 2 aliphatic rings. The van der Waals surface area contributed by atoms with Gasteiger partial charge in [0, 0.05) is 31.4 Å². The Morgan fingerprint density at radius 1 is 1.24 bits per heavy atom. The number of pyridine rings is 2. The van der Waals surface area contributed by atoms with E-state index in [1.807, 2.05) is 18.2 Å². The molecule has 0 aromatic carbocycles. The van der Waals surface area contributed by atoms with Gasteiger partial charge in [-0.05, 0) is 58.6 Å². The molecule has 2 fully saturated rings. The number of hydrogen-bond donors (Lipinski definition) is 2. The van der Waals surface area contributed by atoms with E-state index in [0.29, 0.717) is 19.1 Å². The maximum absolute atomic E-state index is 11.8. The van der Waals surface area contributed by atoms with Crippen LogP contribution in [0.5, 0.6) is 5.88 Å². The molecule has 1 aliphatic carbocycles. The van der Waals surface area contributed by atoms with Gasteiger partial charge in [-0.3, -0.25) is 4.98 Å². The van der Waals surface area contributed by atoms with Crippen LogP contribution in [0.4, 0.5) is 10.6 Å². The number of carbonyl (C=O) groups excluding carboxylic acids is 1. The van der Waals surface area contributed by atoms with Gasteiger partial charge in [0.25, 0.3) is 0 Å². The molecule has 1 saturated heterocycles. The molecule has 4 rings (SSSR count). The fourth-order valence-corrected chi connectivity index (χ4v) is 4.18. The number of amides is 1. The first kappa shape index (κ1) is 24.0. The Morgan fingerprint density at radius 3 is 2.68 bits per heavy atom. The van der Waals surface area contributed by atoms with Crippen molar-refractivity contribution in [1.82, 2.24) is 15.3 Å². The summed E-state index contributed by atoms with van der Waals surface area (Å²) in [4.78, 5) is 27.2. The lowest BCUT2D eigenvalue weighted by Crippen LogP contribution is -2.44. The van der Waals surface area contributed by atoms with Crippen LogP contribution in [-0.4, -0.2) is 66.1 Å². The molecule has 1 amide bonds. The molecule has 0 unspecified atom stereocenters. The molecular weight excluding hydrogens is 436 g/mol. The number of nitrogens with one attached hydrogen (secondary N) is 1. The second-order valence-corrected chi connectivity index (χ2v) is 9.67. The molecular formula is C24H34N6O4. The number of hydrogen-bond acceptors (Lipinski definition) is 7. The molecule has 1 aliphatic heterocycles. The Labute approximate surface area is 199 Å². The number of fused-ring (bicyclic) bond motifs is 1. The SMILES string of the molecule is CC(C)(C)OC(=O)/N=C(\N)N[C@H]1CC[C@@H](Oc2nc(N3CCOCC3)cc3ncccc23)CC1. The van der Waals surface area contributed by atoms with Crippen LogP contribution in [0.2, 0.25) is 0 Å². The Hall–Kier alpha value is -3.14. The molecule has 34 heavy (non-hydrogen) atoms. The average Bonchev–Trinajstić information content (AvgIpc) is 2.79. The Morgan fingerprint density at radius 2 is 1.97 bits per heavy atom. The zero-order valence-electron chi connectivity index (χ0n) is 20.1. The lowest BCUT2D eigenvalue weighted by molar-refractivity contribution is 0.0603. The van der Waals surface area contributed by atoms with E-state index in [9.17, 15) is 4.79 Å². The monoisotopic (exact) mass is 470 g/mol. The second kappa shape index (κ2) is 10.4. The van der Waals surface area contributed by atoms with E-state index in [0.717, 1.165) is 55.5 Å². The quantitative estimate of drug-likeness (QED) is 0.512. The lowest BCUT2D eigenvalue weighted by Gasteiger charge is -2.31. The van der Waals surface area contributed by atoms with E-state index in [-0.39, 0.29) is 18.1 Å². The van der Waals surface area contributed by atoms with Crippen LogP contribution >= 0.6 is 0 Å². The first-order chi connectivity index (χ1) is 16.3. The van der Waals surface area contributed by atoms with Gasteiger partial charge >= 0.3 is 6.09 Å². The summed E-state index contributed by atoms with van der Waals surface area (Å²) in [5.41, 5.74) is 6.17. The standard InChI is InChI=1S/C24H34N6O4/c1-24(2,3)34-23(31)29-22(25)27-16-6-8-17(9-7-16)33-21-18-5-4-10-26-19(18)15-20(28-21)30-11-13-32-14-12-30/h4-5,10,15-17H,6-9,11-14H2,1-3H3,(H3,25,27,29,31)/t16-,17+. The predicted molar refractivity (Wildman–Crippen MR) is 130 cm³/mol. The first-order valence-corrected chi connectivity index (χ1v) is 11.9. The predicted octanol–water partition coefficient (Wildman–Crippen LogP) is 3.00. The van der Waals surface area contributed by atoms with Crippen molar-refractivity contribution in [2.24, 2.45) is 10.7 Å². The Balaban J connectivity index is 1.37. The highest BCUT2D eigenvalue weighted by atomic mass is 16.6. The number of nitrogens with zero attached hydrogens (tertiary/aromatic N) is 4.